The molecule has 0 fully saturated rings. The standard InChI is InChI=1S/C15H10ClF2N3O6/c1-24-13-10(11(16)19-5-20-13)12(22)21-7-4-9-8(26-15(17,18)27-9)3-6(7)14(23)25-2/h3-5H,1-2H3,(H,21,22). The van der Waals surface area contributed by atoms with Gasteiger partial charge in [0.2, 0.25) is 5.88 Å². The van der Waals surface area contributed by atoms with Gasteiger partial charge in [0, 0.05) is 12.1 Å². The van der Waals surface area contributed by atoms with Crippen molar-refractivity contribution in [3.05, 3.63) is 34.7 Å². The molecule has 9 nitrogen and oxygen atoms in total. The van der Waals surface area contributed by atoms with Crippen LogP contribution in [0.5, 0.6) is 17.4 Å². The van der Waals surface area contributed by atoms with Gasteiger partial charge in [0.05, 0.1) is 25.5 Å². The highest BCUT2D eigenvalue weighted by atomic mass is 35.5. The molecule has 1 aromatic heterocycles. The topological polar surface area (TPSA) is 109 Å². The van der Waals surface area contributed by atoms with Crippen molar-refractivity contribution in [1.29, 1.82) is 0 Å². The summed E-state index contributed by atoms with van der Waals surface area (Å²) in [5.74, 6) is -2.66. The van der Waals surface area contributed by atoms with Gasteiger partial charge in [0.15, 0.2) is 11.5 Å². The first-order valence-electron chi connectivity index (χ1n) is 7.13. The molecule has 0 saturated carbocycles. The minimum absolute atomic E-state index is 0.126. The van der Waals surface area contributed by atoms with E-state index in [-0.39, 0.29) is 33.6 Å². The molecule has 1 aliphatic rings. The summed E-state index contributed by atoms with van der Waals surface area (Å²) in [7, 11) is 2.34. The molecule has 0 spiro atoms. The summed E-state index contributed by atoms with van der Waals surface area (Å²) >= 11 is 5.90. The van der Waals surface area contributed by atoms with Crippen LogP contribution in [0.4, 0.5) is 14.5 Å². The first kappa shape index (κ1) is 18.6. The molecule has 0 saturated heterocycles. The third kappa shape index (κ3) is 3.53. The molecule has 0 bridgehead atoms. The molecule has 142 valence electrons. The number of nitrogens with one attached hydrogen (secondary N) is 1. The molecule has 0 radical (unpaired) electrons. The number of carbonyl (C=O) groups excluding carboxylic acids is 2. The quantitative estimate of drug-likeness (QED) is 0.615. The van der Waals surface area contributed by atoms with Crippen LogP contribution in [0.3, 0.4) is 0 Å². The van der Waals surface area contributed by atoms with Crippen LogP contribution in [0.1, 0.15) is 20.7 Å². The van der Waals surface area contributed by atoms with Crippen molar-refractivity contribution in [2.75, 3.05) is 19.5 Å². The molecule has 27 heavy (non-hydrogen) atoms. The van der Waals surface area contributed by atoms with Crippen molar-refractivity contribution in [2.24, 2.45) is 0 Å². The molecular weight excluding hydrogens is 392 g/mol. The molecule has 1 aromatic carbocycles. The maximum Gasteiger partial charge on any atom is 0.586 e. The first-order chi connectivity index (χ1) is 12.8. The van der Waals surface area contributed by atoms with Gasteiger partial charge in [-0.3, -0.25) is 4.79 Å². The molecule has 12 heteroatoms. The Balaban J connectivity index is 2.02. The van der Waals surface area contributed by atoms with E-state index < -0.39 is 23.9 Å². The van der Waals surface area contributed by atoms with E-state index in [0.717, 1.165) is 25.6 Å². The number of rotatable bonds is 4. The zero-order chi connectivity index (χ0) is 19.8. The van der Waals surface area contributed by atoms with Crippen LogP contribution in [0.2, 0.25) is 5.15 Å². The second kappa shape index (κ2) is 6.83. The van der Waals surface area contributed by atoms with E-state index >= 15 is 0 Å². The number of carbonyl (C=O) groups is 2. The van der Waals surface area contributed by atoms with Crippen LogP contribution in [0, 0.1) is 0 Å². The van der Waals surface area contributed by atoms with Crippen molar-refractivity contribution in [3.8, 4) is 17.4 Å². The monoisotopic (exact) mass is 401 g/mol. The molecule has 2 aromatic rings. The van der Waals surface area contributed by atoms with Crippen LogP contribution >= 0.6 is 11.6 Å². The Bertz CT molecular complexity index is 940. The van der Waals surface area contributed by atoms with Gasteiger partial charge in [-0.2, -0.15) is 0 Å². The first-order valence-corrected chi connectivity index (χ1v) is 7.51. The summed E-state index contributed by atoms with van der Waals surface area (Å²) in [5.41, 5.74) is -0.660. The molecule has 2 heterocycles. The number of amides is 1. The second-order valence-electron chi connectivity index (χ2n) is 5.01. The zero-order valence-electron chi connectivity index (χ0n) is 13.7. The van der Waals surface area contributed by atoms with E-state index in [4.69, 9.17) is 16.3 Å². The Kier molecular flexibility index (Phi) is 4.70. The summed E-state index contributed by atoms with van der Waals surface area (Å²) in [6, 6.07) is 1.95. The SMILES string of the molecule is COC(=O)c1cc2c(cc1NC(=O)c1c(Cl)ncnc1OC)OC(F)(F)O2. The highest BCUT2D eigenvalue weighted by Crippen LogP contribution is 2.44. The predicted molar refractivity (Wildman–Crippen MR) is 85.5 cm³/mol. The lowest BCUT2D eigenvalue weighted by Gasteiger charge is -2.12. The number of hydrogen-bond donors (Lipinski definition) is 1. The summed E-state index contributed by atoms with van der Waals surface area (Å²) in [4.78, 5) is 32.0. The third-order valence-corrected chi connectivity index (χ3v) is 3.67. The smallest absolute Gasteiger partial charge is 0.480 e. The number of anilines is 1. The largest absolute Gasteiger partial charge is 0.586 e. The number of halogens is 3. The number of hydrogen-bond acceptors (Lipinski definition) is 8. The molecule has 0 aliphatic carbocycles. The number of fused-ring (bicyclic) bond motifs is 1. The summed E-state index contributed by atoms with van der Waals surface area (Å²) in [6.45, 7) is 0. The Hall–Kier alpha value is -3.21. The lowest BCUT2D eigenvalue weighted by Crippen LogP contribution is -2.25. The molecule has 3 rings (SSSR count). The number of aromatic nitrogens is 2. The average Bonchev–Trinajstić information content (AvgIpc) is 2.92. The Morgan fingerprint density at radius 2 is 1.85 bits per heavy atom. The van der Waals surface area contributed by atoms with Gasteiger partial charge in [0.1, 0.15) is 17.0 Å². The van der Waals surface area contributed by atoms with E-state index in [1.54, 1.807) is 0 Å². The second-order valence-corrected chi connectivity index (χ2v) is 5.36. The molecule has 0 atom stereocenters. The molecule has 1 aliphatic heterocycles. The number of benzene rings is 1. The lowest BCUT2D eigenvalue weighted by molar-refractivity contribution is -0.286. The van der Waals surface area contributed by atoms with Crippen LogP contribution in [0.15, 0.2) is 18.5 Å². The van der Waals surface area contributed by atoms with Crippen LogP contribution in [-0.2, 0) is 4.74 Å². The lowest BCUT2D eigenvalue weighted by atomic mass is 10.1. The molecular formula is C15H10ClF2N3O6. The molecule has 1 N–H and O–H groups in total. The highest BCUT2D eigenvalue weighted by molar-refractivity contribution is 6.33. The predicted octanol–water partition coefficient (Wildman–Crippen LogP) is 2.50. The fourth-order valence-electron chi connectivity index (χ4n) is 2.26. The van der Waals surface area contributed by atoms with Gasteiger partial charge in [-0.15, -0.1) is 8.78 Å². The van der Waals surface area contributed by atoms with Crippen molar-refractivity contribution in [1.82, 2.24) is 9.97 Å². The van der Waals surface area contributed by atoms with E-state index in [1.807, 2.05) is 0 Å². The van der Waals surface area contributed by atoms with Crippen molar-refractivity contribution < 1.29 is 37.3 Å². The van der Waals surface area contributed by atoms with Gasteiger partial charge >= 0.3 is 12.3 Å². The zero-order valence-corrected chi connectivity index (χ0v) is 14.5. The third-order valence-electron chi connectivity index (χ3n) is 3.38. The fourth-order valence-corrected chi connectivity index (χ4v) is 2.47. The maximum absolute atomic E-state index is 13.3. The van der Waals surface area contributed by atoms with Gasteiger partial charge in [-0.1, -0.05) is 11.6 Å². The van der Waals surface area contributed by atoms with Crippen molar-refractivity contribution in [3.63, 3.8) is 0 Å². The van der Waals surface area contributed by atoms with Crippen LogP contribution in [0.25, 0.3) is 0 Å². The maximum atomic E-state index is 13.3. The number of alkyl halides is 2. The van der Waals surface area contributed by atoms with Gasteiger partial charge in [-0.25, -0.2) is 14.8 Å². The molecule has 0 unspecified atom stereocenters. The van der Waals surface area contributed by atoms with Gasteiger partial charge in [0.25, 0.3) is 5.91 Å². The number of ether oxygens (including phenoxy) is 4. The summed E-state index contributed by atoms with van der Waals surface area (Å²) in [5, 5.41) is 2.13. The fraction of sp³-hybridized carbons (Fsp3) is 0.200. The van der Waals surface area contributed by atoms with Crippen LogP contribution in [-0.4, -0.2) is 42.4 Å². The Morgan fingerprint density at radius 1 is 1.19 bits per heavy atom. The number of nitrogens with zero attached hydrogens (tertiary/aromatic N) is 2. The minimum Gasteiger partial charge on any atom is -0.480 e. The highest BCUT2D eigenvalue weighted by Gasteiger charge is 2.44. The van der Waals surface area contributed by atoms with Gasteiger partial charge < -0.3 is 24.3 Å². The van der Waals surface area contributed by atoms with Crippen molar-refractivity contribution in [2.45, 2.75) is 6.29 Å². The average molecular weight is 402 g/mol. The van der Waals surface area contributed by atoms with Crippen LogP contribution < -0.4 is 19.5 Å². The van der Waals surface area contributed by atoms with E-state index in [2.05, 4.69) is 29.5 Å². The summed E-state index contributed by atoms with van der Waals surface area (Å²) in [6.07, 6.45) is -2.82. The Labute approximate surface area is 155 Å². The number of methoxy groups -OCH3 is 2. The van der Waals surface area contributed by atoms with E-state index in [9.17, 15) is 18.4 Å². The molecule has 1 amide bonds. The normalized spacial score (nSPS) is 13.8. The van der Waals surface area contributed by atoms with E-state index in [0.29, 0.717) is 0 Å². The van der Waals surface area contributed by atoms with E-state index in [1.165, 1.54) is 7.11 Å². The minimum atomic E-state index is -3.90. The van der Waals surface area contributed by atoms with Gasteiger partial charge in [-0.05, 0) is 0 Å². The Morgan fingerprint density at radius 3 is 2.48 bits per heavy atom. The van der Waals surface area contributed by atoms with Crippen molar-refractivity contribution >= 4 is 29.2 Å². The summed E-state index contributed by atoms with van der Waals surface area (Å²) < 4.78 is 44.7. The number of esters is 1.